The summed E-state index contributed by atoms with van der Waals surface area (Å²) in [5.74, 6) is 0. The molecule has 0 aliphatic heterocycles. The molecule has 2 rings (SSSR count). The van der Waals surface area contributed by atoms with Crippen molar-refractivity contribution in [2.75, 3.05) is 0 Å². The van der Waals surface area contributed by atoms with Crippen LogP contribution in [0.4, 0.5) is 4.79 Å². The van der Waals surface area contributed by atoms with Crippen LogP contribution in [-0.2, 0) is 0 Å². The topological polar surface area (TPSA) is 41.1 Å². The van der Waals surface area contributed by atoms with Gasteiger partial charge in [0.05, 0.1) is 12.1 Å². The lowest BCUT2D eigenvalue weighted by Crippen LogP contribution is -2.38. The molecule has 2 atom stereocenters. The predicted molar refractivity (Wildman–Crippen MR) is 86.1 cm³/mol. The molecule has 0 aliphatic rings. The van der Waals surface area contributed by atoms with Crippen LogP contribution in [0.1, 0.15) is 42.6 Å². The van der Waals surface area contributed by atoms with Crippen LogP contribution in [-0.4, -0.2) is 6.03 Å². The Labute approximate surface area is 126 Å². The zero-order valence-electron chi connectivity index (χ0n) is 12.8. The number of nitrogens with one attached hydrogen (secondary N) is 2. The third kappa shape index (κ3) is 4.09. The average molecular weight is 282 g/mol. The van der Waals surface area contributed by atoms with Crippen LogP contribution in [0.2, 0.25) is 0 Å². The van der Waals surface area contributed by atoms with Gasteiger partial charge in [-0.1, -0.05) is 54.6 Å². The third-order valence-corrected chi connectivity index (χ3v) is 3.65. The molecule has 3 nitrogen and oxygen atoms in total. The van der Waals surface area contributed by atoms with Crippen LogP contribution in [0, 0.1) is 6.92 Å². The Kier molecular flexibility index (Phi) is 4.99. The highest BCUT2D eigenvalue weighted by molar-refractivity contribution is 5.75. The second kappa shape index (κ2) is 6.93. The summed E-state index contributed by atoms with van der Waals surface area (Å²) >= 11 is 0. The van der Waals surface area contributed by atoms with Gasteiger partial charge in [-0.15, -0.1) is 0 Å². The van der Waals surface area contributed by atoms with Crippen LogP contribution in [0.25, 0.3) is 0 Å². The minimum absolute atomic E-state index is 0.0183. The number of hydrogen-bond donors (Lipinski definition) is 2. The SMILES string of the molecule is Cc1ccccc1[C@H](C)NC(=O)N[C@H](C)c1ccccc1. The maximum absolute atomic E-state index is 12.1. The van der Waals surface area contributed by atoms with Crippen molar-refractivity contribution in [1.82, 2.24) is 10.6 Å². The number of hydrogen-bond acceptors (Lipinski definition) is 1. The van der Waals surface area contributed by atoms with Crippen molar-refractivity contribution in [3.05, 3.63) is 71.3 Å². The Morgan fingerprint density at radius 3 is 2.10 bits per heavy atom. The van der Waals surface area contributed by atoms with Crippen LogP contribution < -0.4 is 10.6 Å². The van der Waals surface area contributed by atoms with Crippen molar-refractivity contribution in [2.24, 2.45) is 0 Å². The van der Waals surface area contributed by atoms with E-state index in [-0.39, 0.29) is 18.1 Å². The van der Waals surface area contributed by atoms with Gasteiger partial charge >= 0.3 is 6.03 Å². The van der Waals surface area contributed by atoms with Gasteiger partial charge in [0.2, 0.25) is 0 Å². The molecule has 21 heavy (non-hydrogen) atoms. The average Bonchev–Trinajstić information content (AvgIpc) is 2.48. The summed E-state index contributed by atoms with van der Waals surface area (Å²) in [4.78, 5) is 12.1. The molecule has 0 heterocycles. The first kappa shape index (κ1) is 15.1. The molecule has 0 aliphatic carbocycles. The van der Waals surface area contributed by atoms with E-state index in [1.54, 1.807) is 0 Å². The number of carbonyl (C=O) groups excluding carboxylic acids is 1. The fraction of sp³-hybridized carbons (Fsp3) is 0.278. The van der Waals surface area contributed by atoms with E-state index < -0.39 is 0 Å². The molecule has 0 saturated carbocycles. The lowest BCUT2D eigenvalue weighted by molar-refractivity contribution is 0.235. The summed E-state index contributed by atoms with van der Waals surface area (Å²) in [5, 5.41) is 5.95. The molecule has 2 aromatic carbocycles. The molecule has 110 valence electrons. The van der Waals surface area contributed by atoms with Gasteiger partial charge in [-0.05, 0) is 37.5 Å². The molecular formula is C18H22N2O. The maximum Gasteiger partial charge on any atom is 0.315 e. The second-order valence-electron chi connectivity index (χ2n) is 5.33. The minimum atomic E-state index is -0.151. The van der Waals surface area contributed by atoms with Crippen LogP contribution in [0.5, 0.6) is 0 Å². The zero-order chi connectivity index (χ0) is 15.2. The summed E-state index contributed by atoms with van der Waals surface area (Å²) in [6, 6.07) is 17.8. The summed E-state index contributed by atoms with van der Waals surface area (Å²) in [6.07, 6.45) is 0. The molecule has 0 fully saturated rings. The fourth-order valence-corrected chi connectivity index (χ4v) is 2.41. The van der Waals surface area contributed by atoms with Crippen molar-refractivity contribution >= 4 is 6.03 Å². The smallest absolute Gasteiger partial charge is 0.315 e. The molecule has 2 N–H and O–H groups in total. The van der Waals surface area contributed by atoms with Crippen LogP contribution in [0.15, 0.2) is 54.6 Å². The normalized spacial score (nSPS) is 13.3. The van der Waals surface area contributed by atoms with Crippen molar-refractivity contribution in [1.29, 1.82) is 0 Å². The maximum atomic E-state index is 12.1. The summed E-state index contributed by atoms with van der Waals surface area (Å²) in [6.45, 7) is 6.03. The largest absolute Gasteiger partial charge is 0.332 e. The standard InChI is InChI=1S/C18H22N2O/c1-13-9-7-8-12-17(13)15(3)20-18(21)19-14(2)16-10-5-4-6-11-16/h4-12,14-15H,1-3H3,(H2,19,20,21)/t14-,15+/m1/s1. The highest BCUT2D eigenvalue weighted by Gasteiger charge is 2.13. The number of amides is 2. The van der Waals surface area contributed by atoms with Gasteiger partial charge in [0.1, 0.15) is 0 Å². The molecule has 0 bridgehead atoms. The quantitative estimate of drug-likeness (QED) is 0.870. The lowest BCUT2D eigenvalue weighted by atomic mass is 10.0. The van der Waals surface area contributed by atoms with Crippen molar-refractivity contribution in [3.63, 3.8) is 0 Å². The summed E-state index contributed by atoms with van der Waals surface area (Å²) < 4.78 is 0. The summed E-state index contributed by atoms with van der Waals surface area (Å²) in [7, 11) is 0. The van der Waals surface area contributed by atoms with Crippen LogP contribution >= 0.6 is 0 Å². The van der Waals surface area contributed by atoms with Gasteiger partial charge in [-0.2, -0.15) is 0 Å². The first-order valence-corrected chi connectivity index (χ1v) is 7.25. The first-order valence-electron chi connectivity index (χ1n) is 7.25. The Bertz CT molecular complexity index is 595. The predicted octanol–water partition coefficient (Wildman–Crippen LogP) is 4.12. The van der Waals surface area contributed by atoms with E-state index in [4.69, 9.17) is 0 Å². The molecule has 0 unspecified atom stereocenters. The van der Waals surface area contributed by atoms with Crippen molar-refractivity contribution in [2.45, 2.75) is 32.9 Å². The minimum Gasteiger partial charge on any atom is -0.332 e. The fourth-order valence-electron chi connectivity index (χ4n) is 2.41. The molecular weight excluding hydrogens is 260 g/mol. The Balaban J connectivity index is 1.94. The highest BCUT2D eigenvalue weighted by Crippen LogP contribution is 2.17. The van der Waals surface area contributed by atoms with E-state index in [0.29, 0.717) is 0 Å². The molecule has 0 saturated heterocycles. The third-order valence-electron chi connectivity index (χ3n) is 3.65. The monoisotopic (exact) mass is 282 g/mol. The molecule has 3 heteroatoms. The van der Waals surface area contributed by atoms with E-state index >= 15 is 0 Å². The zero-order valence-corrected chi connectivity index (χ0v) is 12.8. The second-order valence-corrected chi connectivity index (χ2v) is 5.33. The van der Waals surface area contributed by atoms with E-state index in [1.807, 2.05) is 62.4 Å². The number of benzene rings is 2. The van der Waals surface area contributed by atoms with Gasteiger partial charge < -0.3 is 10.6 Å². The number of aryl methyl sites for hydroxylation is 1. The van der Waals surface area contributed by atoms with Crippen molar-refractivity contribution in [3.8, 4) is 0 Å². The van der Waals surface area contributed by atoms with Gasteiger partial charge in [0, 0.05) is 0 Å². The summed E-state index contributed by atoms with van der Waals surface area (Å²) in [5.41, 5.74) is 3.41. The Morgan fingerprint density at radius 2 is 1.43 bits per heavy atom. The van der Waals surface area contributed by atoms with Gasteiger partial charge in [0.25, 0.3) is 0 Å². The number of carbonyl (C=O) groups is 1. The lowest BCUT2D eigenvalue weighted by Gasteiger charge is -2.20. The van der Waals surface area contributed by atoms with Gasteiger partial charge in [-0.25, -0.2) is 4.79 Å². The molecule has 0 radical (unpaired) electrons. The first-order chi connectivity index (χ1) is 10.1. The van der Waals surface area contributed by atoms with E-state index in [0.717, 1.165) is 11.1 Å². The molecule has 0 aromatic heterocycles. The Morgan fingerprint density at radius 1 is 0.857 bits per heavy atom. The molecule has 0 spiro atoms. The van der Waals surface area contributed by atoms with Gasteiger partial charge in [0.15, 0.2) is 0 Å². The van der Waals surface area contributed by atoms with E-state index in [2.05, 4.69) is 23.6 Å². The highest BCUT2D eigenvalue weighted by atomic mass is 16.2. The number of urea groups is 1. The van der Waals surface area contributed by atoms with E-state index in [1.165, 1.54) is 5.56 Å². The van der Waals surface area contributed by atoms with E-state index in [9.17, 15) is 4.79 Å². The van der Waals surface area contributed by atoms with Crippen LogP contribution in [0.3, 0.4) is 0 Å². The Hall–Kier alpha value is -2.29. The van der Waals surface area contributed by atoms with Gasteiger partial charge in [-0.3, -0.25) is 0 Å². The van der Waals surface area contributed by atoms with Crippen molar-refractivity contribution < 1.29 is 4.79 Å². The molecule has 2 aromatic rings. The number of rotatable bonds is 4. The molecule has 2 amide bonds.